The average molecular weight is 271 g/mol. The highest BCUT2D eigenvalue weighted by molar-refractivity contribution is 5.83. The number of nitrogens with zero attached hydrogens (tertiary/aromatic N) is 3. The molecule has 0 spiro atoms. The SMILES string of the molecule is CC1(C(=O)N2CCOc3c(C#N)cncc3C2)CCC1. The standard InChI is InChI=1S/C15H17N3O2/c1-15(3-2-4-15)14(19)18-5-6-20-13-11(7-16)8-17-9-12(13)10-18/h8-9H,2-6,10H2,1H3. The lowest BCUT2D eigenvalue weighted by atomic mass is 9.69. The minimum absolute atomic E-state index is 0.197. The number of ether oxygens (including phenoxy) is 1. The summed E-state index contributed by atoms with van der Waals surface area (Å²) in [6, 6.07) is 2.09. The number of rotatable bonds is 1. The fourth-order valence-electron chi connectivity index (χ4n) is 2.87. The quantitative estimate of drug-likeness (QED) is 0.782. The molecule has 1 aliphatic carbocycles. The molecule has 1 fully saturated rings. The molecule has 2 aliphatic rings. The van der Waals surface area contributed by atoms with Crippen molar-refractivity contribution in [2.24, 2.45) is 5.41 Å². The van der Waals surface area contributed by atoms with Gasteiger partial charge in [-0.3, -0.25) is 9.78 Å². The third kappa shape index (κ3) is 2.01. The topological polar surface area (TPSA) is 66.2 Å². The van der Waals surface area contributed by atoms with Crippen LogP contribution in [0.1, 0.15) is 37.3 Å². The van der Waals surface area contributed by atoms with Crippen LogP contribution in [0.25, 0.3) is 0 Å². The van der Waals surface area contributed by atoms with E-state index in [1.165, 1.54) is 6.20 Å². The molecular formula is C15H17N3O2. The molecule has 20 heavy (non-hydrogen) atoms. The van der Waals surface area contributed by atoms with Crippen molar-refractivity contribution >= 4 is 5.91 Å². The molecule has 1 amide bonds. The van der Waals surface area contributed by atoms with Crippen LogP contribution in [-0.4, -0.2) is 28.9 Å². The van der Waals surface area contributed by atoms with E-state index in [1.807, 2.05) is 11.8 Å². The number of hydrogen-bond acceptors (Lipinski definition) is 4. The number of amides is 1. The van der Waals surface area contributed by atoms with Crippen LogP contribution in [0.15, 0.2) is 12.4 Å². The molecule has 2 heterocycles. The molecule has 5 heteroatoms. The molecule has 0 radical (unpaired) electrons. The Labute approximate surface area is 118 Å². The van der Waals surface area contributed by atoms with Crippen molar-refractivity contribution in [3.63, 3.8) is 0 Å². The molecule has 0 aromatic carbocycles. The monoisotopic (exact) mass is 271 g/mol. The maximum atomic E-state index is 12.6. The van der Waals surface area contributed by atoms with Gasteiger partial charge in [-0.2, -0.15) is 5.26 Å². The van der Waals surface area contributed by atoms with Gasteiger partial charge < -0.3 is 9.64 Å². The van der Waals surface area contributed by atoms with Crippen molar-refractivity contribution in [1.29, 1.82) is 5.26 Å². The second-order valence-corrected chi connectivity index (χ2v) is 5.78. The smallest absolute Gasteiger partial charge is 0.228 e. The summed E-state index contributed by atoms with van der Waals surface area (Å²) < 4.78 is 5.66. The van der Waals surface area contributed by atoms with E-state index < -0.39 is 0 Å². The number of hydrogen-bond donors (Lipinski definition) is 0. The molecule has 5 nitrogen and oxygen atoms in total. The van der Waals surface area contributed by atoms with E-state index in [4.69, 9.17) is 10.00 Å². The second-order valence-electron chi connectivity index (χ2n) is 5.78. The second kappa shape index (κ2) is 4.78. The van der Waals surface area contributed by atoms with Crippen molar-refractivity contribution in [3.8, 4) is 11.8 Å². The molecular weight excluding hydrogens is 254 g/mol. The maximum Gasteiger partial charge on any atom is 0.228 e. The van der Waals surface area contributed by atoms with Crippen LogP contribution in [0.5, 0.6) is 5.75 Å². The Balaban J connectivity index is 1.87. The van der Waals surface area contributed by atoms with Gasteiger partial charge in [-0.25, -0.2) is 0 Å². The van der Waals surface area contributed by atoms with Crippen molar-refractivity contribution in [2.45, 2.75) is 32.7 Å². The van der Waals surface area contributed by atoms with Gasteiger partial charge in [0, 0.05) is 23.4 Å². The zero-order chi connectivity index (χ0) is 14.2. The molecule has 1 aromatic rings. The van der Waals surface area contributed by atoms with E-state index in [0.717, 1.165) is 24.8 Å². The van der Waals surface area contributed by atoms with Crippen LogP contribution in [0.2, 0.25) is 0 Å². The number of fused-ring (bicyclic) bond motifs is 1. The summed E-state index contributed by atoms with van der Waals surface area (Å²) in [5.41, 5.74) is 1.05. The number of nitriles is 1. The molecule has 1 aromatic heterocycles. The predicted octanol–water partition coefficient (Wildman–Crippen LogP) is 1.86. The van der Waals surface area contributed by atoms with Gasteiger partial charge in [-0.1, -0.05) is 13.3 Å². The van der Waals surface area contributed by atoms with Gasteiger partial charge in [0.15, 0.2) is 0 Å². The zero-order valence-corrected chi connectivity index (χ0v) is 11.6. The summed E-state index contributed by atoms with van der Waals surface area (Å²) in [5.74, 6) is 0.777. The molecule has 0 atom stereocenters. The van der Waals surface area contributed by atoms with E-state index in [-0.39, 0.29) is 11.3 Å². The zero-order valence-electron chi connectivity index (χ0n) is 11.6. The van der Waals surface area contributed by atoms with Gasteiger partial charge >= 0.3 is 0 Å². The van der Waals surface area contributed by atoms with Crippen LogP contribution in [-0.2, 0) is 11.3 Å². The fraction of sp³-hybridized carbons (Fsp3) is 0.533. The first-order chi connectivity index (χ1) is 9.64. The van der Waals surface area contributed by atoms with Crippen molar-refractivity contribution in [1.82, 2.24) is 9.88 Å². The summed E-state index contributed by atoms with van der Waals surface area (Å²) >= 11 is 0. The van der Waals surface area contributed by atoms with Crippen molar-refractivity contribution < 1.29 is 9.53 Å². The largest absolute Gasteiger partial charge is 0.490 e. The van der Waals surface area contributed by atoms with Crippen LogP contribution in [0.4, 0.5) is 0 Å². The normalized spacial score (nSPS) is 19.9. The molecule has 0 unspecified atom stereocenters. The number of carbonyl (C=O) groups is 1. The Kier molecular flexibility index (Phi) is 3.09. The van der Waals surface area contributed by atoms with Crippen LogP contribution in [0.3, 0.4) is 0 Å². The highest BCUT2D eigenvalue weighted by Gasteiger charge is 2.42. The van der Waals surface area contributed by atoms with E-state index in [0.29, 0.717) is 31.0 Å². The van der Waals surface area contributed by atoms with Gasteiger partial charge in [-0.05, 0) is 12.8 Å². The lowest BCUT2D eigenvalue weighted by Gasteiger charge is -2.40. The first-order valence-electron chi connectivity index (χ1n) is 6.93. The predicted molar refractivity (Wildman–Crippen MR) is 71.8 cm³/mol. The first-order valence-corrected chi connectivity index (χ1v) is 6.93. The molecule has 1 aliphatic heterocycles. The van der Waals surface area contributed by atoms with E-state index in [1.54, 1.807) is 6.20 Å². The molecule has 1 saturated carbocycles. The average Bonchev–Trinajstić information content (AvgIpc) is 2.65. The van der Waals surface area contributed by atoms with Gasteiger partial charge in [0.2, 0.25) is 5.91 Å². The first kappa shape index (κ1) is 12.9. The third-order valence-electron chi connectivity index (χ3n) is 4.32. The molecule has 0 N–H and O–H groups in total. The molecule has 0 saturated heterocycles. The number of carbonyl (C=O) groups excluding carboxylic acids is 1. The van der Waals surface area contributed by atoms with Crippen LogP contribution in [0, 0.1) is 16.7 Å². The summed E-state index contributed by atoms with van der Waals surface area (Å²) in [4.78, 5) is 18.5. The van der Waals surface area contributed by atoms with E-state index in [9.17, 15) is 4.79 Å². The molecule has 104 valence electrons. The Morgan fingerprint density at radius 3 is 2.95 bits per heavy atom. The van der Waals surface area contributed by atoms with Crippen LogP contribution < -0.4 is 4.74 Å². The summed E-state index contributed by atoms with van der Waals surface area (Å²) in [6.07, 6.45) is 6.25. The van der Waals surface area contributed by atoms with Gasteiger partial charge in [0.05, 0.1) is 13.1 Å². The highest BCUT2D eigenvalue weighted by atomic mass is 16.5. The Bertz CT molecular complexity index is 587. The van der Waals surface area contributed by atoms with Gasteiger partial charge in [0.25, 0.3) is 0 Å². The fourth-order valence-corrected chi connectivity index (χ4v) is 2.87. The minimum atomic E-state index is -0.204. The van der Waals surface area contributed by atoms with E-state index >= 15 is 0 Å². The van der Waals surface area contributed by atoms with Gasteiger partial charge in [-0.15, -0.1) is 0 Å². The Hall–Kier alpha value is -2.09. The summed E-state index contributed by atoms with van der Waals surface area (Å²) in [7, 11) is 0. The van der Waals surface area contributed by atoms with Crippen molar-refractivity contribution in [2.75, 3.05) is 13.2 Å². The number of pyridine rings is 1. The Morgan fingerprint density at radius 2 is 2.30 bits per heavy atom. The minimum Gasteiger partial charge on any atom is -0.490 e. The Morgan fingerprint density at radius 1 is 1.50 bits per heavy atom. The van der Waals surface area contributed by atoms with E-state index in [2.05, 4.69) is 11.1 Å². The highest BCUT2D eigenvalue weighted by Crippen LogP contribution is 2.42. The maximum absolute atomic E-state index is 12.6. The van der Waals surface area contributed by atoms with Crippen molar-refractivity contribution in [3.05, 3.63) is 23.5 Å². The van der Waals surface area contributed by atoms with Gasteiger partial charge in [0.1, 0.15) is 24.0 Å². The lowest BCUT2D eigenvalue weighted by Crippen LogP contribution is -2.46. The molecule has 3 rings (SSSR count). The summed E-state index contributed by atoms with van der Waals surface area (Å²) in [5, 5.41) is 9.09. The van der Waals surface area contributed by atoms with Crippen LogP contribution >= 0.6 is 0 Å². The number of aromatic nitrogens is 1. The lowest BCUT2D eigenvalue weighted by molar-refractivity contribution is -0.146. The summed E-state index contributed by atoms with van der Waals surface area (Å²) in [6.45, 7) is 3.50. The molecule has 0 bridgehead atoms. The third-order valence-corrected chi connectivity index (χ3v) is 4.32.